The molecule has 2 aliphatic heterocycles. The number of phenols is 3. The number of aliphatic hydroxyl groups is 5. The minimum atomic E-state index is -1.78. The van der Waals surface area contributed by atoms with Crippen molar-refractivity contribution in [1.29, 1.82) is 0 Å². The summed E-state index contributed by atoms with van der Waals surface area (Å²) in [5.74, 6) is -2.26. The Labute approximate surface area is 210 Å². The van der Waals surface area contributed by atoms with E-state index in [9.17, 15) is 45.6 Å². The van der Waals surface area contributed by atoms with E-state index in [1.54, 1.807) is 0 Å². The Hall–Kier alpha value is -3.01. The first-order chi connectivity index (χ1) is 17.5. The molecule has 0 amide bonds. The minimum Gasteiger partial charge on any atom is -0.508 e. The highest BCUT2D eigenvalue weighted by molar-refractivity contribution is 6.12. The Morgan fingerprint density at radius 2 is 1.51 bits per heavy atom. The van der Waals surface area contributed by atoms with Gasteiger partial charge < -0.3 is 59.8 Å². The van der Waals surface area contributed by atoms with Gasteiger partial charge in [0, 0.05) is 17.7 Å². The van der Waals surface area contributed by atoms with Crippen LogP contribution in [0.4, 0.5) is 0 Å². The third-order valence-corrected chi connectivity index (χ3v) is 6.19. The van der Waals surface area contributed by atoms with Crippen molar-refractivity contribution in [3.63, 3.8) is 0 Å². The Bertz CT molecular complexity index is 1110. The zero-order valence-electron chi connectivity index (χ0n) is 19.5. The number of benzene rings is 2. The Morgan fingerprint density at radius 1 is 0.865 bits per heavy atom. The number of aromatic hydroxyl groups is 3. The zero-order chi connectivity index (χ0) is 27.0. The van der Waals surface area contributed by atoms with Crippen molar-refractivity contribution in [3.8, 4) is 23.0 Å². The highest BCUT2D eigenvalue weighted by Gasteiger charge is 2.48. The Morgan fingerprint density at radius 3 is 2.19 bits per heavy atom. The van der Waals surface area contributed by atoms with Gasteiger partial charge in [-0.2, -0.15) is 0 Å². The number of carbonyl (C=O) groups excluding carboxylic acids is 1. The van der Waals surface area contributed by atoms with Crippen LogP contribution in [-0.4, -0.2) is 109 Å². The third kappa shape index (κ3) is 5.49. The monoisotopic (exact) mass is 524 g/mol. The smallest absolute Gasteiger partial charge is 0.229 e. The molecule has 0 bridgehead atoms. The van der Waals surface area contributed by atoms with Crippen LogP contribution in [0.15, 0.2) is 36.4 Å². The van der Waals surface area contributed by atoms with Crippen LogP contribution in [-0.2, 0) is 14.2 Å². The third-order valence-electron chi connectivity index (χ3n) is 6.19. The highest BCUT2D eigenvalue weighted by atomic mass is 16.7. The van der Waals surface area contributed by atoms with E-state index in [0.29, 0.717) is 0 Å². The van der Waals surface area contributed by atoms with E-state index >= 15 is 0 Å². The van der Waals surface area contributed by atoms with E-state index in [1.807, 2.05) is 0 Å². The van der Waals surface area contributed by atoms with E-state index in [-0.39, 0.29) is 29.2 Å². The molecule has 2 aromatic carbocycles. The molecule has 13 nitrogen and oxygen atoms in total. The van der Waals surface area contributed by atoms with Gasteiger partial charge in [-0.25, -0.2) is 0 Å². The molecule has 0 aromatic heterocycles. The molecule has 9 atom stereocenters. The number of aliphatic hydroxyl groups excluding tert-OH is 5. The number of hydrogen-bond acceptors (Lipinski definition) is 13. The molecule has 8 N–H and O–H groups in total. The minimum absolute atomic E-state index is 0.0777. The molecule has 0 unspecified atom stereocenters. The van der Waals surface area contributed by atoms with Crippen molar-refractivity contribution in [2.75, 3.05) is 6.61 Å². The fourth-order valence-electron chi connectivity index (χ4n) is 4.14. The second-order valence-electron chi connectivity index (χ2n) is 8.87. The maximum absolute atomic E-state index is 13.1. The lowest BCUT2D eigenvalue weighted by Gasteiger charge is -2.44. The van der Waals surface area contributed by atoms with Gasteiger partial charge in [0.1, 0.15) is 65.2 Å². The van der Waals surface area contributed by atoms with Crippen LogP contribution in [0.3, 0.4) is 0 Å². The topological polar surface area (TPSA) is 216 Å². The molecule has 2 fully saturated rings. The lowest BCUT2D eigenvalue weighted by Crippen LogP contribution is -2.62. The van der Waals surface area contributed by atoms with Crippen molar-refractivity contribution in [2.24, 2.45) is 0 Å². The van der Waals surface area contributed by atoms with Gasteiger partial charge in [-0.3, -0.25) is 4.79 Å². The molecule has 37 heavy (non-hydrogen) atoms. The van der Waals surface area contributed by atoms with E-state index in [4.69, 9.17) is 18.9 Å². The van der Waals surface area contributed by atoms with E-state index in [2.05, 4.69) is 0 Å². The molecule has 2 aromatic rings. The van der Waals surface area contributed by atoms with Crippen molar-refractivity contribution in [3.05, 3.63) is 47.5 Å². The summed E-state index contributed by atoms with van der Waals surface area (Å²) in [6.07, 6.45) is -13.3. The van der Waals surface area contributed by atoms with Crippen molar-refractivity contribution in [2.45, 2.75) is 62.2 Å². The normalized spacial score (nSPS) is 34.2. The lowest BCUT2D eigenvalue weighted by atomic mass is 9.98. The predicted octanol–water partition coefficient (Wildman–Crippen LogP) is -1.30. The molecule has 0 spiro atoms. The SMILES string of the molecule is C[C@@H]1O[C@@H](Oc2cc(O)cc(O)c2C(=O)c2ccc(O)cc2)[C@H](O)[C@H](O)[C@H]1O[C@@H]1OC[C@@H](O)[C@H](O)[C@H]1O. The van der Waals surface area contributed by atoms with Crippen LogP contribution in [0.25, 0.3) is 0 Å². The summed E-state index contributed by atoms with van der Waals surface area (Å²) in [6.45, 7) is 1.12. The van der Waals surface area contributed by atoms with Gasteiger partial charge in [-0.05, 0) is 31.2 Å². The second-order valence-corrected chi connectivity index (χ2v) is 8.87. The molecule has 2 saturated heterocycles. The number of ketones is 1. The first kappa shape index (κ1) is 27.0. The maximum Gasteiger partial charge on any atom is 0.229 e. The van der Waals surface area contributed by atoms with Gasteiger partial charge >= 0.3 is 0 Å². The molecular formula is C24H28O13. The van der Waals surface area contributed by atoms with Crippen LogP contribution >= 0.6 is 0 Å². The summed E-state index contributed by atoms with van der Waals surface area (Å²) in [4.78, 5) is 13.1. The molecule has 13 heteroatoms. The summed E-state index contributed by atoms with van der Waals surface area (Å²) in [5, 5.41) is 80.7. The first-order valence-corrected chi connectivity index (χ1v) is 11.4. The molecule has 2 aliphatic rings. The molecule has 4 rings (SSSR count). The van der Waals surface area contributed by atoms with E-state index in [0.717, 1.165) is 12.1 Å². The van der Waals surface area contributed by atoms with E-state index in [1.165, 1.54) is 31.2 Å². The second kappa shape index (κ2) is 10.8. The molecule has 0 saturated carbocycles. The quantitative estimate of drug-likeness (QED) is 0.207. The molecule has 0 aliphatic carbocycles. The van der Waals surface area contributed by atoms with Gasteiger partial charge in [-0.1, -0.05) is 0 Å². The average Bonchev–Trinajstić information content (AvgIpc) is 2.84. The van der Waals surface area contributed by atoms with Crippen molar-refractivity contribution < 1.29 is 64.6 Å². The Balaban J connectivity index is 1.53. The summed E-state index contributed by atoms with van der Waals surface area (Å²) in [5.41, 5.74) is -0.292. The maximum atomic E-state index is 13.1. The average molecular weight is 524 g/mol. The fourth-order valence-corrected chi connectivity index (χ4v) is 4.14. The van der Waals surface area contributed by atoms with Gasteiger partial charge in [0.25, 0.3) is 0 Å². The fraction of sp³-hybridized carbons (Fsp3) is 0.458. The Kier molecular flexibility index (Phi) is 7.87. The van der Waals surface area contributed by atoms with Gasteiger partial charge in [0.05, 0.1) is 12.7 Å². The van der Waals surface area contributed by atoms with Gasteiger partial charge in [0.2, 0.25) is 12.1 Å². The van der Waals surface area contributed by atoms with Crippen molar-refractivity contribution in [1.82, 2.24) is 0 Å². The first-order valence-electron chi connectivity index (χ1n) is 11.4. The van der Waals surface area contributed by atoms with E-state index < -0.39 is 72.6 Å². The molecule has 0 radical (unpaired) electrons. The molecular weight excluding hydrogens is 496 g/mol. The summed E-state index contributed by atoms with van der Waals surface area (Å²) < 4.78 is 22.0. The number of carbonyl (C=O) groups is 1. The van der Waals surface area contributed by atoms with Crippen LogP contribution in [0.1, 0.15) is 22.8 Å². The zero-order valence-corrected chi connectivity index (χ0v) is 19.5. The predicted molar refractivity (Wildman–Crippen MR) is 121 cm³/mol. The van der Waals surface area contributed by atoms with Crippen LogP contribution in [0.2, 0.25) is 0 Å². The lowest BCUT2D eigenvalue weighted by molar-refractivity contribution is -0.334. The highest BCUT2D eigenvalue weighted by Crippen LogP contribution is 2.37. The molecule has 2 heterocycles. The summed E-state index contributed by atoms with van der Waals surface area (Å²) in [6, 6.07) is 7.09. The van der Waals surface area contributed by atoms with Crippen LogP contribution in [0, 0.1) is 0 Å². The van der Waals surface area contributed by atoms with Gasteiger partial charge in [-0.15, -0.1) is 0 Å². The van der Waals surface area contributed by atoms with Crippen LogP contribution in [0.5, 0.6) is 23.0 Å². The summed E-state index contributed by atoms with van der Waals surface area (Å²) >= 11 is 0. The largest absolute Gasteiger partial charge is 0.508 e. The van der Waals surface area contributed by atoms with Gasteiger partial charge in [0.15, 0.2) is 6.29 Å². The number of hydrogen-bond donors (Lipinski definition) is 8. The molecule has 202 valence electrons. The van der Waals surface area contributed by atoms with Crippen LogP contribution < -0.4 is 4.74 Å². The number of rotatable bonds is 6. The number of ether oxygens (including phenoxy) is 4. The summed E-state index contributed by atoms with van der Waals surface area (Å²) in [7, 11) is 0. The standard InChI is InChI=1S/C24H28O13/c1-9-22(37-23-20(32)18(30)14(28)8-34-23)19(31)21(33)24(35-9)36-15-7-12(26)6-13(27)16(15)17(29)10-2-4-11(25)5-3-10/h2-7,9,14,18-28,30-33H,8H2,1H3/t9-,14+,18-,19-,20+,21+,22-,23-,24-/m0/s1. The van der Waals surface area contributed by atoms with Crippen molar-refractivity contribution >= 4 is 5.78 Å². The number of phenolic OH excluding ortho intramolecular Hbond substituents is 3.